The number of rotatable bonds is 5. The summed E-state index contributed by atoms with van der Waals surface area (Å²) >= 11 is 0. The number of hydrogen-bond acceptors (Lipinski definition) is 5. The number of nitrogens with one attached hydrogen (secondary N) is 1. The zero-order chi connectivity index (χ0) is 17.0. The predicted octanol–water partition coefficient (Wildman–Crippen LogP) is 1.93. The van der Waals surface area contributed by atoms with Gasteiger partial charge in [-0.3, -0.25) is 4.79 Å². The van der Waals surface area contributed by atoms with Crippen LogP contribution in [-0.2, 0) is 11.2 Å². The molecule has 0 radical (unpaired) electrons. The van der Waals surface area contributed by atoms with Crippen LogP contribution >= 0.6 is 0 Å². The van der Waals surface area contributed by atoms with Crippen molar-refractivity contribution in [3.05, 3.63) is 41.8 Å². The van der Waals surface area contributed by atoms with Crippen LogP contribution in [0.5, 0.6) is 0 Å². The largest absolute Gasteiger partial charge is 0.361 e. The first kappa shape index (κ1) is 16.7. The number of amides is 1. The highest BCUT2D eigenvalue weighted by Crippen LogP contribution is 2.23. The Kier molecular flexibility index (Phi) is 5.10. The third-order valence-corrected chi connectivity index (χ3v) is 3.13. The number of halogens is 1. The standard InChI is InChI=1S/C16H20FN5O/c1-21(2)15-13(10-18-16(20-15)22(3)4)19-14(23)9-11-5-7-12(17)8-6-11/h5-8,10H,9H2,1-4H3,(H,19,23). The van der Waals surface area contributed by atoms with E-state index in [9.17, 15) is 9.18 Å². The predicted molar refractivity (Wildman–Crippen MR) is 89.4 cm³/mol. The molecule has 0 aliphatic heterocycles. The van der Waals surface area contributed by atoms with Gasteiger partial charge in [-0.2, -0.15) is 4.98 Å². The Morgan fingerprint density at radius 1 is 1.13 bits per heavy atom. The zero-order valence-electron chi connectivity index (χ0n) is 13.7. The van der Waals surface area contributed by atoms with Crippen molar-refractivity contribution in [1.82, 2.24) is 9.97 Å². The van der Waals surface area contributed by atoms with Crippen LogP contribution < -0.4 is 15.1 Å². The number of nitrogens with zero attached hydrogens (tertiary/aromatic N) is 4. The molecule has 1 N–H and O–H groups in total. The summed E-state index contributed by atoms with van der Waals surface area (Å²) in [6, 6.07) is 5.85. The minimum Gasteiger partial charge on any atom is -0.361 e. The molecule has 0 aliphatic rings. The second-order valence-corrected chi connectivity index (χ2v) is 5.55. The molecule has 6 nitrogen and oxygen atoms in total. The first-order valence-corrected chi connectivity index (χ1v) is 7.13. The molecular formula is C16H20FN5O. The summed E-state index contributed by atoms with van der Waals surface area (Å²) in [7, 11) is 7.39. The van der Waals surface area contributed by atoms with Crippen molar-refractivity contribution in [3.63, 3.8) is 0 Å². The minimum atomic E-state index is -0.322. The Morgan fingerprint density at radius 3 is 2.35 bits per heavy atom. The van der Waals surface area contributed by atoms with E-state index in [-0.39, 0.29) is 18.1 Å². The molecule has 0 atom stereocenters. The van der Waals surface area contributed by atoms with Gasteiger partial charge in [0.2, 0.25) is 11.9 Å². The van der Waals surface area contributed by atoms with Crippen molar-refractivity contribution in [2.24, 2.45) is 0 Å². The van der Waals surface area contributed by atoms with Crippen LogP contribution in [0.1, 0.15) is 5.56 Å². The molecule has 0 bridgehead atoms. The second kappa shape index (κ2) is 7.04. The first-order chi connectivity index (χ1) is 10.9. The molecular weight excluding hydrogens is 297 g/mol. The van der Waals surface area contributed by atoms with Crippen LogP contribution in [0.4, 0.5) is 21.8 Å². The molecule has 0 unspecified atom stereocenters. The maximum atomic E-state index is 12.9. The maximum absolute atomic E-state index is 12.9. The zero-order valence-corrected chi connectivity index (χ0v) is 13.7. The maximum Gasteiger partial charge on any atom is 0.228 e. The van der Waals surface area contributed by atoms with Crippen LogP contribution in [0.2, 0.25) is 0 Å². The third-order valence-electron chi connectivity index (χ3n) is 3.13. The van der Waals surface area contributed by atoms with E-state index in [4.69, 9.17) is 0 Å². The van der Waals surface area contributed by atoms with Crippen molar-refractivity contribution in [1.29, 1.82) is 0 Å². The highest BCUT2D eigenvalue weighted by molar-refractivity contribution is 5.94. The molecule has 1 heterocycles. The van der Waals surface area contributed by atoms with E-state index >= 15 is 0 Å². The summed E-state index contributed by atoms with van der Waals surface area (Å²) in [5.41, 5.74) is 1.27. The molecule has 1 aromatic carbocycles. The number of benzene rings is 1. The van der Waals surface area contributed by atoms with Crippen LogP contribution in [0, 0.1) is 5.82 Å². The van der Waals surface area contributed by atoms with Gasteiger partial charge in [-0.15, -0.1) is 0 Å². The Labute approximate surface area is 135 Å². The third kappa shape index (κ3) is 4.38. The lowest BCUT2D eigenvalue weighted by atomic mass is 10.1. The number of carbonyl (C=O) groups is 1. The van der Waals surface area contributed by atoms with Gasteiger partial charge in [-0.25, -0.2) is 9.37 Å². The quantitative estimate of drug-likeness (QED) is 0.913. The van der Waals surface area contributed by atoms with Crippen LogP contribution in [0.25, 0.3) is 0 Å². The Hall–Kier alpha value is -2.70. The van der Waals surface area contributed by atoms with E-state index < -0.39 is 0 Å². The fourth-order valence-electron chi connectivity index (χ4n) is 1.99. The molecule has 1 aromatic heterocycles. The summed E-state index contributed by atoms with van der Waals surface area (Å²) < 4.78 is 12.9. The average Bonchev–Trinajstić information content (AvgIpc) is 2.49. The van der Waals surface area contributed by atoms with Gasteiger partial charge in [0.1, 0.15) is 11.5 Å². The highest BCUT2D eigenvalue weighted by Gasteiger charge is 2.13. The van der Waals surface area contributed by atoms with Crippen molar-refractivity contribution in [2.75, 3.05) is 43.3 Å². The van der Waals surface area contributed by atoms with E-state index in [1.54, 1.807) is 23.2 Å². The van der Waals surface area contributed by atoms with Gasteiger partial charge in [-0.1, -0.05) is 12.1 Å². The van der Waals surface area contributed by atoms with Gasteiger partial charge in [0.05, 0.1) is 12.6 Å². The fourth-order valence-corrected chi connectivity index (χ4v) is 1.99. The summed E-state index contributed by atoms with van der Waals surface area (Å²) in [4.78, 5) is 24.4. The molecule has 0 spiro atoms. The van der Waals surface area contributed by atoms with E-state index in [2.05, 4.69) is 15.3 Å². The number of aromatic nitrogens is 2. The smallest absolute Gasteiger partial charge is 0.228 e. The van der Waals surface area contributed by atoms with Crippen molar-refractivity contribution >= 4 is 23.4 Å². The molecule has 23 heavy (non-hydrogen) atoms. The average molecular weight is 317 g/mol. The molecule has 0 saturated heterocycles. The lowest BCUT2D eigenvalue weighted by Gasteiger charge is -2.19. The van der Waals surface area contributed by atoms with Crippen molar-refractivity contribution < 1.29 is 9.18 Å². The van der Waals surface area contributed by atoms with Crippen molar-refractivity contribution in [2.45, 2.75) is 6.42 Å². The van der Waals surface area contributed by atoms with Gasteiger partial charge in [0, 0.05) is 28.2 Å². The molecule has 0 saturated carbocycles. The lowest BCUT2D eigenvalue weighted by Crippen LogP contribution is -2.21. The Morgan fingerprint density at radius 2 is 1.78 bits per heavy atom. The molecule has 7 heteroatoms. The summed E-state index contributed by atoms with van der Waals surface area (Å²) in [5.74, 6) is 0.652. The van der Waals surface area contributed by atoms with Crippen LogP contribution in [0.3, 0.4) is 0 Å². The molecule has 2 aromatic rings. The van der Waals surface area contributed by atoms with E-state index in [0.717, 1.165) is 5.56 Å². The normalized spacial score (nSPS) is 10.3. The topological polar surface area (TPSA) is 61.4 Å². The SMILES string of the molecule is CN(C)c1ncc(NC(=O)Cc2ccc(F)cc2)c(N(C)C)n1. The van der Waals surface area contributed by atoms with Gasteiger partial charge in [0.25, 0.3) is 0 Å². The number of hydrogen-bond donors (Lipinski definition) is 1. The molecule has 2 rings (SSSR count). The summed E-state index contributed by atoms with van der Waals surface area (Å²) in [6.07, 6.45) is 1.74. The number of carbonyl (C=O) groups excluding carboxylic acids is 1. The van der Waals surface area contributed by atoms with Crippen LogP contribution in [0.15, 0.2) is 30.5 Å². The van der Waals surface area contributed by atoms with Crippen LogP contribution in [-0.4, -0.2) is 44.1 Å². The second-order valence-electron chi connectivity index (χ2n) is 5.55. The fraction of sp³-hybridized carbons (Fsp3) is 0.312. The van der Waals surface area contributed by atoms with Gasteiger partial charge >= 0.3 is 0 Å². The molecule has 0 aliphatic carbocycles. The van der Waals surface area contributed by atoms with Gasteiger partial charge in [-0.05, 0) is 17.7 Å². The molecule has 1 amide bonds. The Balaban J connectivity index is 2.15. The van der Waals surface area contributed by atoms with Gasteiger partial charge < -0.3 is 15.1 Å². The van der Waals surface area contributed by atoms with Gasteiger partial charge in [0.15, 0.2) is 5.82 Å². The molecule has 122 valence electrons. The summed E-state index contributed by atoms with van der Waals surface area (Å²) in [6.45, 7) is 0. The van der Waals surface area contributed by atoms with Crippen molar-refractivity contribution in [3.8, 4) is 0 Å². The monoisotopic (exact) mass is 317 g/mol. The van der Waals surface area contributed by atoms with E-state index in [1.807, 2.05) is 33.1 Å². The Bertz CT molecular complexity index is 685. The highest BCUT2D eigenvalue weighted by atomic mass is 19.1. The first-order valence-electron chi connectivity index (χ1n) is 7.13. The lowest BCUT2D eigenvalue weighted by molar-refractivity contribution is -0.115. The number of anilines is 3. The minimum absolute atomic E-state index is 0.155. The molecule has 0 fully saturated rings. The van der Waals surface area contributed by atoms with E-state index in [1.165, 1.54) is 12.1 Å². The van der Waals surface area contributed by atoms with E-state index in [0.29, 0.717) is 17.5 Å². The summed E-state index contributed by atoms with van der Waals surface area (Å²) in [5, 5.41) is 2.80.